The van der Waals surface area contributed by atoms with Crippen LogP contribution >= 0.6 is 0 Å². The second-order valence-corrected chi connectivity index (χ2v) is 5.14. The Hall–Kier alpha value is -0.0800. The summed E-state index contributed by atoms with van der Waals surface area (Å²) >= 11 is 0. The molecular formula is C14H29NO. The van der Waals surface area contributed by atoms with Crippen molar-refractivity contribution in [3.63, 3.8) is 0 Å². The molecule has 0 spiro atoms. The summed E-state index contributed by atoms with van der Waals surface area (Å²) in [5.74, 6) is 0.826. The lowest BCUT2D eigenvalue weighted by Gasteiger charge is -2.25. The maximum absolute atomic E-state index is 5.41. The maximum Gasteiger partial charge on any atom is 0.0507 e. The first-order valence-corrected chi connectivity index (χ1v) is 7.13. The lowest BCUT2D eigenvalue weighted by atomic mass is 10.1. The Kier molecular flexibility index (Phi) is 7.06. The molecule has 0 aromatic rings. The van der Waals surface area contributed by atoms with Crippen LogP contribution in [0.3, 0.4) is 0 Å². The zero-order valence-corrected chi connectivity index (χ0v) is 11.4. The zero-order chi connectivity index (χ0) is 11.8. The molecule has 2 rings (SSSR count). The van der Waals surface area contributed by atoms with Gasteiger partial charge >= 0.3 is 0 Å². The van der Waals surface area contributed by atoms with Gasteiger partial charge < -0.3 is 9.64 Å². The topological polar surface area (TPSA) is 12.5 Å². The molecule has 2 nitrogen and oxygen atoms in total. The van der Waals surface area contributed by atoms with Gasteiger partial charge in [-0.2, -0.15) is 0 Å². The van der Waals surface area contributed by atoms with Crippen molar-refractivity contribution in [2.75, 3.05) is 26.3 Å². The average Bonchev–Trinajstić information content (AvgIpc) is 2.90. The summed E-state index contributed by atoms with van der Waals surface area (Å²) in [6, 6.07) is 0.876. The number of likely N-dealkylation sites (tertiary alicyclic amines) is 1. The molecule has 2 heterocycles. The normalized spacial score (nSPS) is 30.2. The van der Waals surface area contributed by atoms with Crippen LogP contribution in [0.15, 0.2) is 0 Å². The predicted molar refractivity (Wildman–Crippen MR) is 69.8 cm³/mol. The van der Waals surface area contributed by atoms with Gasteiger partial charge in [-0.15, -0.1) is 0 Å². The molecule has 2 aliphatic rings. The molecule has 0 aromatic carbocycles. The van der Waals surface area contributed by atoms with Gasteiger partial charge in [-0.1, -0.05) is 27.2 Å². The van der Waals surface area contributed by atoms with Crippen molar-refractivity contribution in [1.29, 1.82) is 0 Å². The van der Waals surface area contributed by atoms with Gasteiger partial charge in [0.15, 0.2) is 0 Å². The second-order valence-electron chi connectivity index (χ2n) is 5.14. The number of hydrogen-bond donors (Lipinski definition) is 0. The van der Waals surface area contributed by atoms with Gasteiger partial charge in [-0.3, -0.25) is 0 Å². The highest BCUT2D eigenvalue weighted by molar-refractivity contribution is 4.80. The van der Waals surface area contributed by atoms with Crippen molar-refractivity contribution >= 4 is 0 Å². The standard InChI is InChI=1S/C11H21NO.C3H8/c1-2-11-4-3-6-12(11)8-10-5-7-13-9-10;1-3-2/h10-11H,2-9H2,1H3;3H2,1-2H3. The fourth-order valence-corrected chi connectivity index (χ4v) is 2.66. The van der Waals surface area contributed by atoms with E-state index in [2.05, 4.69) is 25.7 Å². The molecule has 96 valence electrons. The van der Waals surface area contributed by atoms with Crippen LogP contribution < -0.4 is 0 Å². The van der Waals surface area contributed by atoms with Crippen LogP contribution in [0.1, 0.15) is 52.9 Å². The molecule has 2 atom stereocenters. The van der Waals surface area contributed by atoms with E-state index in [-0.39, 0.29) is 0 Å². The highest BCUT2D eigenvalue weighted by Gasteiger charge is 2.26. The molecule has 2 saturated heterocycles. The number of ether oxygens (including phenoxy) is 1. The van der Waals surface area contributed by atoms with E-state index < -0.39 is 0 Å². The van der Waals surface area contributed by atoms with Crippen molar-refractivity contribution in [1.82, 2.24) is 4.90 Å². The van der Waals surface area contributed by atoms with Crippen LogP contribution in [-0.2, 0) is 4.74 Å². The van der Waals surface area contributed by atoms with Crippen LogP contribution in [0.4, 0.5) is 0 Å². The van der Waals surface area contributed by atoms with E-state index in [9.17, 15) is 0 Å². The summed E-state index contributed by atoms with van der Waals surface area (Å²) in [6.45, 7) is 11.2. The first-order valence-electron chi connectivity index (χ1n) is 7.13. The third-order valence-electron chi connectivity index (χ3n) is 3.49. The Labute approximate surface area is 101 Å². The van der Waals surface area contributed by atoms with E-state index in [1.807, 2.05) is 0 Å². The van der Waals surface area contributed by atoms with Crippen molar-refractivity contribution in [2.45, 2.75) is 58.9 Å². The molecule has 0 N–H and O–H groups in total. The lowest BCUT2D eigenvalue weighted by molar-refractivity contribution is 0.161. The van der Waals surface area contributed by atoms with Crippen molar-refractivity contribution < 1.29 is 4.74 Å². The molecule has 16 heavy (non-hydrogen) atoms. The summed E-state index contributed by atoms with van der Waals surface area (Å²) in [5, 5.41) is 0. The molecule has 0 bridgehead atoms. The van der Waals surface area contributed by atoms with Gasteiger partial charge in [-0.25, -0.2) is 0 Å². The Balaban J connectivity index is 0.000000386. The fourth-order valence-electron chi connectivity index (χ4n) is 2.66. The minimum atomic E-state index is 0.826. The predicted octanol–water partition coefficient (Wildman–Crippen LogP) is 3.31. The minimum Gasteiger partial charge on any atom is -0.381 e. The molecular weight excluding hydrogens is 198 g/mol. The molecule has 0 saturated carbocycles. The Morgan fingerprint density at radius 2 is 1.94 bits per heavy atom. The van der Waals surface area contributed by atoms with Crippen molar-refractivity contribution in [2.24, 2.45) is 5.92 Å². The highest BCUT2D eigenvalue weighted by atomic mass is 16.5. The largest absolute Gasteiger partial charge is 0.381 e. The van der Waals surface area contributed by atoms with Crippen molar-refractivity contribution in [3.05, 3.63) is 0 Å². The van der Waals surface area contributed by atoms with E-state index in [1.165, 1.54) is 45.2 Å². The third-order valence-corrected chi connectivity index (χ3v) is 3.49. The minimum absolute atomic E-state index is 0.826. The second kappa shape index (κ2) is 8.08. The monoisotopic (exact) mass is 227 g/mol. The SMILES string of the molecule is CCC.CCC1CCCN1CC1CCOC1. The van der Waals surface area contributed by atoms with Crippen LogP contribution in [0, 0.1) is 5.92 Å². The van der Waals surface area contributed by atoms with Crippen LogP contribution in [0.2, 0.25) is 0 Å². The van der Waals surface area contributed by atoms with Gasteiger partial charge in [0.05, 0.1) is 6.61 Å². The quantitative estimate of drug-likeness (QED) is 0.733. The smallest absolute Gasteiger partial charge is 0.0507 e. The van der Waals surface area contributed by atoms with E-state index in [0.717, 1.165) is 25.2 Å². The number of hydrogen-bond acceptors (Lipinski definition) is 2. The van der Waals surface area contributed by atoms with Crippen molar-refractivity contribution in [3.8, 4) is 0 Å². The van der Waals surface area contributed by atoms with Crippen LogP contribution in [-0.4, -0.2) is 37.2 Å². The van der Waals surface area contributed by atoms with E-state index in [1.54, 1.807) is 0 Å². The number of rotatable bonds is 3. The van der Waals surface area contributed by atoms with E-state index in [4.69, 9.17) is 4.74 Å². The van der Waals surface area contributed by atoms with Gasteiger partial charge in [0, 0.05) is 19.2 Å². The Bertz CT molecular complexity index is 166. The molecule has 2 aliphatic heterocycles. The third kappa shape index (κ3) is 4.42. The number of nitrogens with zero attached hydrogens (tertiary/aromatic N) is 1. The highest BCUT2D eigenvalue weighted by Crippen LogP contribution is 2.23. The van der Waals surface area contributed by atoms with Gasteiger partial charge in [-0.05, 0) is 38.1 Å². The summed E-state index contributed by atoms with van der Waals surface area (Å²) in [4.78, 5) is 2.68. The molecule has 2 heteroatoms. The zero-order valence-electron chi connectivity index (χ0n) is 11.4. The lowest BCUT2D eigenvalue weighted by Crippen LogP contribution is -2.33. The Morgan fingerprint density at radius 1 is 1.19 bits per heavy atom. The van der Waals surface area contributed by atoms with Gasteiger partial charge in [0.25, 0.3) is 0 Å². The Morgan fingerprint density at radius 3 is 2.50 bits per heavy atom. The van der Waals surface area contributed by atoms with Crippen LogP contribution in [0.5, 0.6) is 0 Å². The molecule has 2 fully saturated rings. The van der Waals surface area contributed by atoms with Crippen LogP contribution in [0.25, 0.3) is 0 Å². The average molecular weight is 227 g/mol. The first-order chi connectivity index (χ1) is 7.81. The van der Waals surface area contributed by atoms with E-state index >= 15 is 0 Å². The summed E-state index contributed by atoms with van der Waals surface area (Å²) in [7, 11) is 0. The molecule has 0 aromatic heterocycles. The van der Waals surface area contributed by atoms with E-state index in [0.29, 0.717) is 0 Å². The molecule has 0 amide bonds. The summed E-state index contributed by atoms with van der Waals surface area (Å²) in [5.41, 5.74) is 0. The molecule has 2 unspecified atom stereocenters. The summed E-state index contributed by atoms with van der Waals surface area (Å²) in [6.07, 6.45) is 6.69. The van der Waals surface area contributed by atoms with Gasteiger partial charge in [0.1, 0.15) is 0 Å². The summed E-state index contributed by atoms with van der Waals surface area (Å²) < 4.78 is 5.41. The first kappa shape index (κ1) is 14.0. The van der Waals surface area contributed by atoms with Gasteiger partial charge in [0.2, 0.25) is 0 Å². The molecule has 0 aliphatic carbocycles. The maximum atomic E-state index is 5.41. The molecule has 0 radical (unpaired) electrons. The fraction of sp³-hybridized carbons (Fsp3) is 1.00.